The maximum Gasteiger partial charge on any atom is 0.255 e. The Hall–Kier alpha value is -3.48. The van der Waals surface area contributed by atoms with E-state index in [-0.39, 0.29) is 23.9 Å². The minimum absolute atomic E-state index is 0.224. The van der Waals surface area contributed by atoms with Crippen molar-refractivity contribution in [1.29, 1.82) is 0 Å². The zero-order valence-corrected chi connectivity index (χ0v) is 31.2. The van der Waals surface area contributed by atoms with E-state index < -0.39 is 0 Å². The van der Waals surface area contributed by atoms with Gasteiger partial charge >= 0.3 is 0 Å². The van der Waals surface area contributed by atoms with Gasteiger partial charge < -0.3 is 22.1 Å². The number of rotatable bonds is 26. The van der Waals surface area contributed by atoms with E-state index in [2.05, 4.69) is 36.6 Å². The van der Waals surface area contributed by atoms with Crippen LogP contribution in [0.5, 0.6) is 0 Å². The smallest absolute Gasteiger partial charge is 0.255 e. The molecule has 0 saturated heterocycles. The highest BCUT2D eigenvalue weighted by Gasteiger charge is 2.15. The van der Waals surface area contributed by atoms with Crippen LogP contribution >= 0.6 is 0 Å². The first-order valence-corrected chi connectivity index (χ1v) is 19.8. The molecule has 0 bridgehead atoms. The number of amides is 2. The van der Waals surface area contributed by atoms with Crippen molar-refractivity contribution in [3.63, 3.8) is 0 Å². The lowest BCUT2D eigenvalue weighted by molar-refractivity contribution is 0.102. The van der Waals surface area contributed by atoms with Crippen molar-refractivity contribution in [2.24, 2.45) is 11.5 Å². The lowest BCUT2D eigenvalue weighted by Gasteiger charge is -2.15. The van der Waals surface area contributed by atoms with Gasteiger partial charge in [-0.15, -0.1) is 0 Å². The van der Waals surface area contributed by atoms with Gasteiger partial charge in [-0.2, -0.15) is 0 Å². The fourth-order valence-corrected chi connectivity index (χ4v) is 6.68. The molecule has 0 aliphatic rings. The third-order valence-electron chi connectivity index (χ3n) is 9.82. The first-order valence-electron chi connectivity index (χ1n) is 19.8. The normalized spacial score (nSPS) is 12.4. The van der Waals surface area contributed by atoms with Crippen LogP contribution in [-0.2, 0) is 12.8 Å². The molecule has 3 aromatic rings. The number of hydrogen-bond acceptors (Lipinski definition) is 4. The Morgan fingerprint density at radius 2 is 0.880 bits per heavy atom. The molecule has 0 aliphatic carbocycles. The van der Waals surface area contributed by atoms with Crippen molar-refractivity contribution < 1.29 is 9.59 Å². The lowest BCUT2D eigenvalue weighted by Crippen LogP contribution is -2.20. The number of nitrogens with one attached hydrogen (secondary N) is 2. The molecule has 6 nitrogen and oxygen atoms in total. The van der Waals surface area contributed by atoms with Gasteiger partial charge in [0.05, 0.1) is 0 Å². The summed E-state index contributed by atoms with van der Waals surface area (Å²) in [7, 11) is 0. The molecule has 2 unspecified atom stereocenters. The van der Waals surface area contributed by atoms with Gasteiger partial charge in [0.1, 0.15) is 0 Å². The van der Waals surface area contributed by atoms with E-state index in [1.54, 1.807) is 24.3 Å². The van der Waals surface area contributed by atoms with E-state index in [0.29, 0.717) is 11.1 Å². The fraction of sp³-hybridized carbons (Fsp3) is 0.545. The summed E-state index contributed by atoms with van der Waals surface area (Å²) in [6.07, 6.45) is 23.2. The Morgan fingerprint density at radius 3 is 1.32 bits per heavy atom. The molecule has 0 saturated carbocycles. The summed E-state index contributed by atoms with van der Waals surface area (Å²) in [6, 6.07) is 23.3. The maximum absolute atomic E-state index is 13.4. The molecule has 3 aromatic carbocycles. The van der Waals surface area contributed by atoms with Crippen LogP contribution in [0.25, 0.3) is 0 Å². The summed E-state index contributed by atoms with van der Waals surface area (Å²) in [5, 5.41) is 6.18. The quantitative estimate of drug-likeness (QED) is 0.0632. The maximum atomic E-state index is 13.4. The van der Waals surface area contributed by atoms with Crippen LogP contribution in [0.15, 0.2) is 72.8 Å². The minimum atomic E-state index is -0.232. The van der Waals surface area contributed by atoms with Crippen molar-refractivity contribution in [3.8, 4) is 0 Å². The number of benzene rings is 3. The summed E-state index contributed by atoms with van der Waals surface area (Å²) in [6.45, 7) is 4.49. The highest BCUT2D eigenvalue weighted by atomic mass is 16.2. The third kappa shape index (κ3) is 16.0. The number of para-hydroxylation sites is 2. The van der Waals surface area contributed by atoms with E-state index in [1.165, 1.54) is 77.0 Å². The fourth-order valence-electron chi connectivity index (χ4n) is 6.68. The molecule has 6 N–H and O–H groups in total. The zero-order chi connectivity index (χ0) is 35.8. The summed E-state index contributed by atoms with van der Waals surface area (Å²) in [5.41, 5.74) is 17.5. The van der Waals surface area contributed by atoms with Crippen LogP contribution < -0.4 is 22.1 Å². The van der Waals surface area contributed by atoms with E-state index in [9.17, 15) is 9.59 Å². The van der Waals surface area contributed by atoms with Gasteiger partial charge in [0, 0.05) is 34.6 Å². The second-order valence-corrected chi connectivity index (χ2v) is 14.2. The molecule has 6 heteroatoms. The van der Waals surface area contributed by atoms with Crippen molar-refractivity contribution in [1.82, 2.24) is 0 Å². The number of nitrogens with two attached hydrogens (primary N) is 2. The minimum Gasteiger partial charge on any atom is -0.328 e. The summed E-state index contributed by atoms with van der Waals surface area (Å²) < 4.78 is 0. The van der Waals surface area contributed by atoms with E-state index in [1.807, 2.05) is 36.4 Å². The number of carbonyl (C=O) groups is 2. The lowest BCUT2D eigenvalue weighted by atomic mass is 9.99. The van der Waals surface area contributed by atoms with Gasteiger partial charge in [-0.3, -0.25) is 9.59 Å². The average Bonchev–Trinajstić information content (AvgIpc) is 3.12. The molecule has 2 atom stereocenters. The van der Waals surface area contributed by atoms with Gasteiger partial charge in [-0.05, 0) is 92.8 Å². The number of anilines is 2. The number of carbonyl (C=O) groups excluding carboxylic acids is 2. The molecule has 0 spiro atoms. The van der Waals surface area contributed by atoms with Gasteiger partial charge in [0.25, 0.3) is 11.8 Å². The molecule has 0 aliphatic heterocycles. The van der Waals surface area contributed by atoms with Crippen LogP contribution in [0.4, 0.5) is 11.4 Å². The summed E-state index contributed by atoms with van der Waals surface area (Å²) in [5.74, 6) is -0.464. The number of aryl methyl sites for hydroxylation is 2. The third-order valence-corrected chi connectivity index (χ3v) is 9.82. The van der Waals surface area contributed by atoms with Crippen LogP contribution in [0.2, 0.25) is 0 Å². The van der Waals surface area contributed by atoms with Crippen molar-refractivity contribution in [2.45, 2.75) is 154 Å². The number of unbranched alkanes of at least 4 members (excludes halogenated alkanes) is 10. The second kappa shape index (κ2) is 24.6. The van der Waals surface area contributed by atoms with Crippen molar-refractivity contribution >= 4 is 23.2 Å². The standard InChI is InChI=1S/C44H66N4O2/c1-3-5-7-9-11-13-28-39(45)30-20-24-35-22-15-17-32-41(35)47-43(49)37-26-19-27-38(34-37)44(50)48-42-33-18-16-23-36(42)25-21-31-40(46)29-14-12-10-8-6-4-2/h15-19,22-23,26-27,32-34,39-40H,3-14,20-21,24-25,28-31,45-46H2,1-2H3,(H,47,49)(H,48,50). The van der Waals surface area contributed by atoms with Gasteiger partial charge in [0.15, 0.2) is 0 Å². The molecule has 50 heavy (non-hydrogen) atoms. The monoisotopic (exact) mass is 683 g/mol. The van der Waals surface area contributed by atoms with E-state index in [0.717, 1.165) is 73.9 Å². The van der Waals surface area contributed by atoms with Gasteiger partial charge in [0.2, 0.25) is 0 Å². The Balaban J connectivity index is 1.48. The first kappa shape index (κ1) is 40.9. The number of hydrogen-bond donors (Lipinski definition) is 4. The molecule has 0 heterocycles. The summed E-state index contributed by atoms with van der Waals surface area (Å²) >= 11 is 0. The molecule has 3 rings (SSSR count). The molecule has 0 fully saturated rings. The predicted molar refractivity (Wildman–Crippen MR) is 213 cm³/mol. The van der Waals surface area contributed by atoms with Gasteiger partial charge in [-0.25, -0.2) is 0 Å². The molecule has 274 valence electrons. The Morgan fingerprint density at radius 1 is 0.500 bits per heavy atom. The van der Waals surface area contributed by atoms with Crippen molar-refractivity contribution in [2.75, 3.05) is 10.6 Å². The predicted octanol–water partition coefficient (Wildman–Crippen LogP) is 11.0. The molecule has 0 radical (unpaired) electrons. The van der Waals surface area contributed by atoms with Crippen LogP contribution in [0.1, 0.15) is 161 Å². The zero-order valence-electron chi connectivity index (χ0n) is 31.2. The highest BCUT2D eigenvalue weighted by Crippen LogP contribution is 2.22. The largest absolute Gasteiger partial charge is 0.328 e. The van der Waals surface area contributed by atoms with Gasteiger partial charge in [-0.1, -0.05) is 133 Å². The van der Waals surface area contributed by atoms with Crippen LogP contribution in [0.3, 0.4) is 0 Å². The molecular weight excluding hydrogens is 617 g/mol. The Labute approximate surface area is 303 Å². The van der Waals surface area contributed by atoms with Crippen LogP contribution in [-0.4, -0.2) is 23.9 Å². The SMILES string of the molecule is CCCCCCCCC(N)CCCc1ccccc1NC(=O)c1cccc(C(=O)Nc2ccccc2CCCC(N)CCCCCCCC)c1. The highest BCUT2D eigenvalue weighted by molar-refractivity contribution is 6.09. The molecule has 2 amide bonds. The van der Waals surface area contributed by atoms with E-state index in [4.69, 9.17) is 11.5 Å². The average molecular weight is 683 g/mol. The molecule has 0 aromatic heterocycles. The topological polar surface area (TPSA) is 110 Å². The Bertz CT molecular complexity index is 1290. The summed E-state index contributed by atoms with van der Waals surface area (Å²) in [4.78, 5) is 26.7. The molecular formula is C44H66N4O2. The first-order chi connectivity index (χ1) is 24.4. The van der Waals surface area contributed by atoms with Crippen LogP contribution in [0, 0.1) is 0 Å². The Kier molecular flexibility index (Phi) is 20.2. The van der Waals surface area contributed by atoms with E-state index >= 15 is 0 Å². The second-order valence-electron chi connectivity index (χ2n) is 14.2. The van der Waals surface area contributed by atoms with Crippen molar-refractivity contribution in [3.05, 3.63) is 95.1 Å².